The number of ether oxygens (including phenoxy) is 1. The van der Waals surface area contributed by atoms with Gasteiger partial charge in [0, 0.05) is 5.56 Å². The van der Waals surface area contributed by atoms with Crippen LogP contribution in [0, 0.1) is 0 Å². The van der Waals surface area contributed by atoms with Crippen LogP contribution in [0.15, 0.2) is 29.1 Å². The van der Waals surface area contributed by atoms with Crippen molar-refractivity contribution in [3.05, 3.63) is 45.7 Å². The second kappa shape index (κ2) is 6.36. The summed E-state index contributed by atoms with van der Waals surface area (Å²) in [6.07, 6.45) is 0. The maximum absolute atomic E-state index is 12.2. The van der Waals surface area contributed by atoms with Gasteiger partial charge < -0.3 is 25.7 Å². The second-order valence-electron chi connectivity index (χ2n) is 4.51. The second-order valence-corrected chi connectivity index (χ2v) is 4.51. The molecule has 1 aromatic heterocycles. The van der Waals surface area contributed by atoms with Crippen LogP contribution in [-0.4, -0.2) is 33.7 Å². The zero-order valence-electron chi connectivity index (χ0n) is 11.7. The fourth-order valence-electron chi connectivity index (χ4n) is 2.14. The van der Waals surface area contributed by atoms with E-state index in [2.05, 4.69) is 4.74 Å². The minimum Gasteiger partial charge on any atom is -0.478 e. The van der Waals surface area contributed by atoms with Gasteiger partial charge in [0.2, 0.25) is 0 Å². The Hall–Kier alpha value is -3.43. The molecule has 0 saturated carbocycles. The number of nitrogens with one attached hydrogen (secondary N) is 1. The van der Waals surface area contributed by atoms with E-state index in [0.29, 0.717) is 0 Å². The molecule has 126 valence electrons. The van der Waals surface area contributed by atoms with Crippen molar-refractivity contribution in [1.82, 2.24) is 4.98 Å². The van der Waals surface area contributed by atoms with Gasteiger partial charge in [0.1, 0.15) is 22.7 Å². The number of aromatic carboxylic acids is 2. The normalized spacial score (nSPS) is 10.6. The Morgan fingerprint density at radius 3 is 2.08 bits per heavy atom. The fraction of sp³-hybridized carbons (Fsp3) is 0.0714. The summed E-state index contributed by atoms with van der Waals surface area (Å²) in [6.45, 7) is -3.06. The van der Waals surface area contributed by atoms with Crippen molar-refractivity contribution in [3.63, 3.8) is 0 Å². The van der Waals surface area contributed by atoms with E-state index in [1.807, 2.05) is 4.98 Å². The van der Waals surface area contributed by atoms with Crippen molar-refractivity contribution in [2.45, 2.75) is 6.61 Å². The first-order valence-electron chi connectivity index (χ1n) is 6.30. The van der Waals surface area contributed by atoms with Crippen molar-refractivity contribution in [2.24, 2.45) is 0 Å². The average molecular weight is 340 g/mol. The van der Waals surface area contributed by atoms with Crippen molar-refractivity contribution in [2.75, 3.05) is 5.73 Å². The highest BCUT2D eigenvalue weighted by molar-refractivity contribution is 6.07. The lowest BCUT2D eigenvalue weighted by Crippen LogP contribution is -2.24. The van der Waals surface area contributed by atoms with Crippen LogP contribution in [0.1, 0.15) is 20.7 Å². The molecule has 5 N–H and O–H groups in total. The minimum atomic E-state index is -3.06. The summed E-state index contributed by atoms with van der Waals surface area (Å²) in [5, 5.41) is 18.5. The van der Waals surface area contributed by atoms with Gasteiger partial charge in [-0.2, -0.15) is 8.78 Å². The summed E-state index contributed by atoms with van der Waals surface area (Å²) >= 11 is 0. The molecule has 0 aliphatic heterocycles. The van der Waals surface area contributed by atoms with Gasteiger partial charge in [-0.05, 0) is 17.7 Å². The van der Waals surface area contributed by atoms with Crippen LogP contribution in [0.3, 0.4) is 0 Å². The Morgan fingerprint density at radius 1 is 1.08 bits per heavy atom. The Bertz CT molecular complexity index is 861. The van der Waals surface area contributed by atoms with E-state index in [1.54, 1.807) is 0 Å². The summed E-state index contributed by atoms with van der Waals surface area (Å²) in [5.74, 6) is -3.98. The number of hydrogen-bond donors (Lipinski definition) is 4. The van der Waals surface area contributed by atoms with Gasteiger partial charge in [0.05, 0.1) is 0 Å². The number of alkyl halides is 2. The molecule has 0 atom stereocenters. The van der Waals surface area contributed by atoms with Crippen molar-refractivity contribution >= 4 is 17.8 Å². The highest BCUT2D eigenvalue weighted by Crippen LogP contribution is 2.30. The molecular weight excluding hydrogens is 330 g/mol. The van der Waals surface area contributed by atoms with Crippen LogP contribution in [0.25, 0.3) is 11.1 Å². The number of pyridine rings is 1. The number of nitrogens with two attached hydrogens (primary N) is 1. The lowest BCUT2D eigenvalue weighted by Gasteiger charge is -2.12. The standard InChI is InChI=1S/C14H10F2N2O6/c15-14(16)24-6-3-1-5(2-4-6)7-8(12(20)21)10(17)18-11(19)9(7)13(22)23/h1-4,14H,(H,20,21)(H,22,23)(H3,17,18,19). The van der Waals surface area contributed by atoms with Gasteiger partial charge in [0.15, 0.2) is 0 Å². The summed E-state index contributed by atoms with van der Waals surface area (Å²) in [6, 6.07) is 4.45. The summed E-state index contributed by atoms with van der Waals surface area (Å²) in [7, 11) is 0. The van der Waals surface area contributed by atoms with Crippen LogP contribution < -0.4 is 16.0 Å². The van der Waals surface area contributed by atoms with E-state index in [1.165, 1.54) is 0 Å². The monoisotopic (exact) mass is 340 g/mol. The number of halogens is 2. The molecule has 0 unspecified atom stereocenters. The number of anilines is 1. The lowest BCUT2D eigenvalue weighted by atomic mass is 9.95. The molecule has 0 spiro atoms. The Labute approximate surface area is 132 Å². The van der Waals surface area contributed by atoms with Gasteiger partial charge in [-0.25, -0.2) is 9.59 Å². The molecular formula is C14H10F2N2O6. The molecule has 2 rings (SSSR count). The number of rotatable bonds is 5. The van der Waals surface area contributed by atoms with E-state index in [4.69, 9.17) is 5.73 Å². The van der Waals surface area contributed by atoms with Crippen molar-refractivity contribution in [1.29, 1.82) is 0 Å². The van der Waals surface area contributed by atoms with Gasteiger partial charge in [-0.15, -0.1) is 0 Å². The van der Waals surface area contributed by atoms with Crippen molar-refractivity contribution in [3.8, 4) is 16.9 Å². The Morgan fingerprint density at radius 2 is 1.62 bits per heavy atom. The number of carboxylic acid groups (broad SMARTS) is 2. The van der Waals surface area contributed by atoms with Gasteiger partial charge in [-0.1, -0.05) is 12.1 Å². The summed E-state index contributed by atoms with van der Waals surface area (Å²) < 4.78 is 28.4. The van der Waals surface area contributed by atoms with Crippen LogP contribution >= 0.6 is 0 Å². The number of benzene rings is 1. The number of nitrogen functional groups attached to an aromatic ring is 1. The van der Waals surface area contributed by atoms with E-state index in [0.717, 1.165) is 24.3 Å². The predicted molar refractivity (Wildman–Crippen MR) is 77.5 cm³/mol. The number of aromatic amines is 1. The largest absolute Gasteiger partial charge is 0.478 e. The quantitative estimate of drug-likeness (QED) is 0.647. The molecule has 0 bridgehead atoms. The first-order chi connectivity index (χ1) is 11.2. The number of hydrogen-bond acceptors (Lipinski definition) is 5. The maximum atomic E-state index is 12.2. The van der Waals surface area contributed by atoms with E-state index >= 15 is 0 Å². The van der Waals surface area contributed by atoms with Gasteiger partial charge >= 0.3 is 18.6 Å². The van der Waals surface area contributed by atoms with E-state index in [9.17, 15) is 33.4 Å². The molecule has 0 fully saturated rings. The Kier molecular flexibility index (Phi) is 4.49. The molecule has 0 aliphatic carbocycles. The highest BCUT2D eigenvalue weighted by Gasteiger charge is 2.26. The first-order valence-corrected chi connectivity index (χ1v) is 6.30. The molecule has 0 radical (unpaired) electrons. The molecule has 1 aromatic carbocycles. The third-order valence-electron chi connectivity index (χ3n) is 3.04. The third kappa shape index (κ3) is 3.16. The predicted octanol–water partition coefficient (Wildman–Crippen LogP) is 1.62. The van der Waals surface area contributed by atoms with Crippen LogP contribution in [0.2, 0.25) is 0 Å². The third-order valence-corrected chi connectivity index (χ3v) is 3.04. The fourth-order valence-corrected chi connectivity index (χ4v) is 2.14. The van der Waals surface area contributed by atoms with Crippen LogP contribution in [-0.2, 0) is 0 Å². The topological polar surface area (TPSA) is 143 Å². The van der Waals surface area contributed by atoms with E-state index in [-0.39, 0.29) is 11.3 Å². The number of aromatic nitrogens is 1. The number of H-pyrrole nitrogens is 1. The molecule has 0 amide bonds. The SMILES string of the molecule is Nc1[nH]c(=O)c(C(=O)O)c(-c2ccc(OC(F)F)cc2)c1C(=O)O. The maximum Gasteiger partial charge on any atom is 0.387 e. The summed E-state index contributed by atoms with van der Waals surface area (Å²) in [5.41, 5.74) is 2.50. The lowest BCUT2D eigenvalue weighted by molar-refractivity contribution is -0.0498. The van der Waals surface area contributed by atoms with Crippen molar-refractivity contribution < 1.29 is 33.3 Å². The Balaban J connectivity index is 2.74. The van der Waals surface area contributed by atoms with Crippen LogP contribution in [0.4, 0.5) is 14.6 Å². The molecule has 2 aromatic rings. The zero-order valence-corrected chi connectivity index (χ0v) is 11.7. The number of carbonyl (C=O) groups is 2. The molecule has 1 heterocycles. The van der Waals surface area contributed by atoms with Crippen LogP contribution in [0.5, 0.6) is 5.75 Å². The van der Waals surface area contributed by atoms with Gasteiger partial charge in [-0.3, -0.25) is 4.79 Å². The summed E-state index contributed by atoms with van der Waals surface area (Å²) in [4.78, 5) is 36.5. The first kappa shape index (κ1) is 16.9. The molecule has 0 aliphatic rings. The molecule has 24 heavy (non-hydrogen) atoms. The molecule has 10 heteroatoms. The van der Waals surface area contributed by atoms with Gasteiger partial charge in [0.25, 0.3) is 5.56 Å². The number of carboxylic acids is 2. The van der Waals surface area contributed by atoms with E-state index < -0.39 is 46.6 Å². The molecule has 8 nitrogen and oxygen atoms in total. The highest BCUT2D eigenvalue weighted by atomic mass is 19.3. The zero-order chi connectivity index (χ0) is 18.0. The smallest absolute Gasteiger partial charge is 0.387 e. The minimum absolute atomic E-state index is 0.00998. The molecule has 0 saturated heterocycles. The average Bonchev–Trinajstić information content (AvgIpc) is 2.45.